The first-order valence-corrected chi connectivity index (χ1v) is 13.3. The van der Waals surface area contributed by atoms with E-state index in [1.54, 1.807) is 13.2 Å². The maximum Gasteiger partial charge on any atom is 0.193 e. The monoisotopic (exact) mass is 493 g/mol. The van der Waals surface area contributed by atoms with Crippen LogP contribution in [0, 0.1) is 5.92 Å². The van der Waals surface area contributed by atoms with E-state index < -0.39 is 0 Å². The molecule has 0 saturated carbocycles. The SMILES string of the molecule is COc1ccc(-c2cc(=O)c3ccc(OCCCCCCCN4CCC(CCO)CC4)cc3o2)cc1. The molecule has 0 unspecified atom stereocenters. The lowest BCUT2D eigenvalue weighted by atomic mass is 9.94. The van der Waals surface area contributed by atoms with Gasteiger partial charge in [-0.2, -0.15) is 0 Å². The van der Waals surface area contributed by atoms with Crippen LogP contribution in [0.25, 0.3) is 22.3 Å². The van der Waals surface area contributed by atoms with Crippen LogP contribution in [0.1, 0.15) is 51.4 Å². The summed E-state index contributed by atoms with van der Waals surface area (Å²) in [5.41, 5.74) is 1.29. The van der Waals surface area contributed by atoms with Gasteiger partial charge in [0.2, 0.25) is 0 Å². The molecule has 6 heteroatoms. The maximum absolute atomic E-state index is 12.6. The molecule has 1 aromatic heterocycles. The second-order valence-corrected chi connectivity index (χ2v) is 9.77. The number of rotatable bonds is 13. The van der Waals surface area contributed by atoms with Crippen molar-refractivity contribution in [2.75, 3.05) is 40.0 Å². The number of ether oxygens (including phenoxy) is 2. The van der Waals surface area contributed by atoms with Crippen molar-refractivity contribution < 1.29 is 19.0 Å². The molecule has 1 aliphatic heterocycles. The first-order valence-electron chi connectivity index (χ1n) is 13.3. The quantitative estimate of drug-likeness (QED) is 0.299. The first-order chi connectivity index (χ1) is 17.7. The second-order valence-electron chi connectivity index (χ2n) is 9.77. The Kier molecular flexibility index (Phi) is 9.82. The summed E-state index contributed by atoms with van der Waals surface area (Å²) in [5, 5.41) is 9.64. The highest BCUT2D eigenvalue weighted by Crippen LogP contribution is 2.26. The van der Waals surface area contributed by atoms with Gasteiger partial charge in [-0.15, -0.1) is 0 Å². The molecule has 3 aromatic rings. The summed E-state index contributed by atoms with van der Waals surface area (Å²) in [6.07, 6.45) is 9.34. The van der Waals surface area contributed by atoms with Gasteiger partial charge in [0.25, 0.3) is 0 Å². The van der Waals surface area contributed by atoms with Crippen molar-refractivity contribution in [1.82, 2.24) is 4.90 Å². The summed E-state index contributed by atoms with van der Waals surface area (Å²) in [5.74, 6) is 2.73. The Balaban J connectivity index is 1.18. The van der Waals surface area contributed by atoms with Crippen LogP contribution in [0.2, 0.25) is 0 Å². The van der Waals surface area contributed by atoms with Gasteiger partial charge in [0, 0.05) is 24.3 Å². The normalized spacial score (nSPS) is 14.8. The zero-order valence-electron chi connectivity index (χ0n) is 21.4. The molecule has 2 heterocycles. The minimum absolute atomic E-state index is 0.0665. The maximum atomic E-state index is 12.6. The van der Waals surface area contributed by atoms with E-state index in [9.17, 15) is 4.79 Å². The molecule has 0 aliphatic carbocycles. The number of hydrogen-bond acceptors (Lipinski definition) is 6. The van der Waals surface area contributed by atoms with E-state index in [-0.39, 0.29) is 5.43 Å². The van der Waals surface area contributed by atoms with E-state index in [0.29, 0.717) is 29.9 Å². The zero-order valence-corrected chi connectivity index (χ0v) is 21.4. The number of methoxy groups -OCH3 is 1. The fourth-order valence-corrected chi connectivity index (χ4v) is 4.96. The third-order valence-electron chi connectivity index (χ3n) is 7.21. The summed E-state index contributed by atoms with van der Waals surface area (Å²) >= 11 is 0. The Hall–Kier alpha value is -2.83. The molecular formula is C30H39NO5. The van der Waals surface area contributed by atoms with Crippen LogP contribution in [-0.2, 0) is 0 Å². The van der Waals surface area contributed by atoms with Crippen LogP contribution in [0.4, 0.5) is 0 Å². The average molecular weight is 494 g/mol. The lowest BCUT2D eigenvalue weighted by molar-refractivity contribution is 0.156. The van der Waals surface area contributed by atoms with Gasteiger partial charge >= 0.3 is 0 Å². The lowest BCUT2D eigenvalue weighted by Crippen LogP contribution is -2.34. The van der Waals surface area contributed by atoms with Crippen molar-refractivity contribution in [2.24, 2.45) is 5.92 Å². The van der Waals surface area contributed by atoms with Crippen LogP contribution in [0.5, 0.6) is 11.5 Å². The Morgan fingerprint density at radius 3 is 2.42 bits per heavy atom. The van der Waals surface area contributed by atoms with E-state index >= 15 is 0 Å². The number of nitrogens with zero attached hydrogens (tertiary/aromatic N) is 1. The topological polar surface area (TPSA) is 72.1 Å². The number of piperidine rings is 1. The number of aliphatic hydroxyl groups excluding tert-OH is 1. The highest BCUT2D eigenvalue weighted by atomic mass is 16.5. The number of aliphatic hydroxyl groups is 1. The average Bonchev–Trinajstić information content (AvgIpc) is 2.91. The van der Waals surface area contributed by atoms with Gasteiger partial charge in [0.05, 0.1) is 19.1 Å². The third kappa shape index (κ3) is 7.34. The van der Waals surface area contributed by atoms with E-state index in [4.69, 9.17) is 19.0 Å². The molecule has 4 rings (SSSR count). The predicted molar refractivity (Wildman–Crippen MR) is 144 cm³/mol. The van der Waals surface area contributed by atoms with E-state index in [0.717, 1.165) is 42.2 Å². The third-order valence-corrected chi connectivity index (χ3v) is 7.21. The highest BCUT2D eigenvalue weighted by Gasteiger charge is 2.18. The minimum Gasteiger partial charge on any atom is -0.497 e. The summed E-state index contributed by atoms with van der Waals surface area (Å²) in [6, 6.07) is 14.4. The standard InChI is InChI=1S/C30H39NO5/c1-34-25-9-7-24(8-10-25)29-22-28(33)27-12-11-26(21-30(27)36-29)35-20-6-4-2-3-5-16-31-17-13-23(14-18-31)15-19-32/h7-12,21-23,32H,2-6,13-20H2,1H3. The lowest BCUT2D eigenvalue weighted by Gasteiger charge is -2.31. The van der Waals surface area contributed by atoms with Gasteiger partial charge in [0.1, 0.15) is 22.8 Å². The van der Waals surface area contributed by atoms with Crippen LogP contribution in [0.3, 0.4) is 0 Å². The van der Waals surface area contributed by atoms with Gasteiger partial charge in [-0.3, -0.25) is 4.79 Å². The van der Waals surface area contributed by atoms with Gasteiger partial charge < -0.3 is 23.9 Å². The molecule has 2 aromatic carbocycles. The van der Waals surface area contributed by atoms with E-state index in [2.05, 4.69) is 4.90 Å². The molecule has 1 N–H and O–H groups in total. The fourth-order valence-electron chi connectivity index (χ4n) is 4.96. The number of likely N-dealkylation sites (tertiary alicyclic amines) is 1. The summed E-state index contributed by atoms with van der Waals surface area (Å²) in [4.78, 5) is 15.2. The van der Waals surface area contributed by atoms with Crippen molar-refractivity contribution in [3.05, 3.63) is 58.8 Å². The number of hydrogen-bond donors (Lipinski definition) is 1. The van der Waals surface area contributed by atoms with Gasteiger partial charge in [-0.05, 0) is 94.1 Å². The molecule has 1 fully saturated rings. The minimum atomic E-state index is -0.0665. The Labute approximate surface area is 213 Å². The highest BCUT2D eigenvalue weighted by molar-refractivity contribution is 5.80. The van der Waals surface area contributed by atoms with Gasteiger partial charge in [0.15, 0.2) is 5.43 Å². The van der Waals surface area contributed by atoms with Crippen molar-refractivity contribution in [2.45, 2.75) is 51.4 Å². The van der Waals surface area contributed by atoms with Crippen molar-refractivity contribution in [1.29, 1.82) is 0 Å². The zero-order chi connectivity index (χ0) is 25.2. The summed E-state index contributed by atoms with van der Waals surface area (Å²) in [7, 11) is 1.62. The number of benzene rings is 2. The number of fused-ring (bicyclic) bond motifs is 1. The summed E-state index contributed by atoms with van der Waals surface area (Å²) < 4.78 is 17.2. The summed E-state index contributed by atoms with van der Waals surface area (Å²) in [6.45, 7) is 4.56. The Morgan fingerprint density at radius 2 is 1.67 bits per heavy atom. The van der Waals surface area contributed by atoms with Crippen molar-refractivity contribution in [3.8, 4) is 22.8 Å². The predicted octanol–water partition coefficient (Wildman–Crippen LogP) is 5.89. The molecule has 194 valence electrons. The smallest absolute Gasteiger partial charge is 0.193 e. The first kappa shape index (κ1) is 26.2. The molecule has 0 bridgehead atoms. The molecule has 1 aliphatic rings. The Morgan fingerprint density at radius 1 is 0.944 bits per heavy atom. The fraction of sp³-hybridized carbons (Fsp3) is 0.500. The van der Waals surface area contributed by atoms with Gasteiger partial charge in [-0.1, -0.05) is 19.3 Å². The van der Waals surface area contributed by atoms with E-state index in [1.807, 2.05) is 36.4 Å². The molecular weight excluding hydrogens is 454 g/mol. The Bertz CT molecular complexity index is 1130. The largest absolute Gasteiger partial charge is 0.497 e. The van der Waals surface area contributed by atoms with Crippen molar-refractivity contribution in [3.63, 3.8) is 0 Å². The van der Waals surface area contributed by atoms with Crippen molar-refractivity contribution >= 4 is 11.0 Å². The molecule has 0 atom stereocenters. The number of unbranched alkanes of at least 4 members (excludes halogenated alkanes) is 4. The molecule has 36 heavy (non-hydrogen) atoms. The van der Waals surface area contributed by atoms with Crippen LogP contribution < -0.4 is 14.9 Å². The molecule has 0 radical (unpaired) electrons. The van der Waals surface area contributed by atoms with Gasteiger partial charge in [-0.25, -0.2) is 0 Å². The van der Waals surface area contributed by atoms with Crippen LogP contribution in [0.15, 0.2) is 57.7 Å². The second kappa shape index (κ2) is 13.5. The molecule has 0 amide bonds. The molecule has 0 spiro atoms. The van der Waals surface area contributed by atoms with Crippen LogP contribution >= 0.6 is 0 Å². The van der Waals surface area contributed by atoms with E-state index in [1.165, 1.54) is 57.8 Å². The molecule has 1 saturated heterocycles. The van der Waals surface area contributed by atoms with Crippen LogP contribution in [-0.4, -0.2) is 50.0 Å². The molecule has 6 nitrogen and oxygen atoms in total.